The number of benzene rings is 4. The molecular weight excluding hydrogens is 566 g/mol. The van der Waals surface area contributed by atoms with Gasteiger partial charge in [0, 0.05) is 16.8 Å². The largest absolute Gasteiger partial charge is 0.493 e. The first-order chi connectivity index (χ1) is 21.4. The van der Waals surface area contributed by atoms with Crippen LogP contribution in [-0.2, 0) is 0 Å². The smallest absolute Gasteiger partial charge is 0.343 e. The molecule has 0 fully saturated rings. The first-order valence-electron chi connectivity index (χ1n) is 13.5. The number of rotatable bonds is 12. The SMILES string of the molecule is CCOc1cc(C=NNC(=O)c2cccc(NC(=O)c3ccccc3)c2)ccc1OC(=O)c1cc(OC)c(OC)c(OC)c1. The quantitative estimate of drug-likeness (QED) is 0.0967. The van der Waals surface area contributed by atoms with E-state index in [1.807, 2.05) is 6.07 Å². The number of amides is 2. The number of carbonyl (C=O) groups is 3. The summed E-state index contributed by atoms with van der Waals surface area (Å²) >= 11 is 0. The van der Waals surface area contributed by atoms with Gasteiger partial charge >= 0.3 is 5.97 Å². The molecule has 2 N–H and O–H groups in total. The standard InChI is InChI=1S/C33H31N3O8/c1-5-43-27-16-21(14-15-26(27)44-33(39)24-18-28(40-2)30(42-4)29(19-24)41-3)20-34-36-32(38)23-12-9-13-25(17-23)35-31(37)22-10-7-6-8-11-22/h6-20H,5H2,1-4H3,(H,35,37)(H,36,38). The molecule has 0 saturated heterocycles. The van der Waals surface area contributed by atoms with Gasteiger partial charge in [-0.1, -0.05) is 24.3 Å². The molecule has 11 nitrogen and oxygen atoms in total. The topological polar surface area (TPSA) is 134 Å². The predicted molar refractivity (Wildman–Crippen MR) is 165 cm³/mol. The number of hydrogen-bond donors (Lipinski definition) is 2. The molecule has 2 amide bonds. The van der Waals surface area contributed by atoms with Crippen LogP contribution in [0.1, 0.15) is 43.6 Å². The van der Waals surface area contributed by atoms with Crippen LogP contribution in [0.2, 0.25) is 0 Å². The van der Waals surface area contributed by atoms with E-state index in [9.17, 15) is 14.4 Å². The highest BCUT2D eigenvalue weighted by Gasteiger charge is 2.20. The fourth-order valence-corrected chi connectivity index (χ4v) is 4.08. The van der Waals surface area contributed by atoms with Crippen LogP contribution in [-0.4, -0.2) is 51.9 Å². The molecular formula is C33H31N3O8. The number of nitrogens with one attached hydrogen (secondary N) is 2. The minimum atomic E-state index is -0.666. The molecule has 0 aliphatic heterocycles. The van der Waals surface area contributed by atoms with Crippen molar-refractivity contribution < 1.29 is 38.1 Å². The summed E-state index contributed by atoms with van der Waals surface area (Å²) in [6, 6.07) is 23.1. The monoisotopic (exact) mass is 597 g/mol. The van der Waals surface area contributed by atoms with E-state index in [0.717, 1.165) is 0 Å². The summed E-state index contributed by atoms with van der Waals surface area (Å²) in [7, 11) is 4.37. The molecule has 4 rings (SSSR count). The van der Waals surface area contributed by atoms with Gasteiger partial charge < -0.3 is 29.0 Å². The number of esters is 1. The molecule has 0 spiro atoms. The van der Waals surface area contributed by atoms with Crippen molar-refractivity contribution in [1.82, 2.24) is 5.43 Å². The third kappa shape index (κ3) is 7.71. The van der Waals surface area contributed by atoms with Gasteiger partial charge in [-0.2, -0.15) is 5.10 Å². The van der Waals surface area contributed by atoms with Crippen molar-refractivity contribution in [2.45, 2.75) is 6.92 Å². The number of nitrogens with zero attached hydrogens (tertiary/aromatic N) is 1. The minimum Gasteiger partial charge on any atom is -0.493 e. The summed E-state index contributed by atoms with van der Waals surface area (Å²) in [5.41, 5.74) is 4.49. The van der Waals surface area contributed by atoms with Crippen LogP contribution in [0.3, 0.4) is 0 Å². The summed E-state index contributed by atoms with van der Waals surface area (Å²) in [6.45, 7) is 2.10. The number of hydrogen-bond acceptors (Lipinski definition) is 9. The Balaban J connectivity index is 1.43. The van der Waals surface area contributed by atoms with Crippen LogP contribution in [0, 0.1) is 0 Å². The predicted octanol–water partition coefficient (Wildman–Crippen LogP) is 5.35. The van der Waals surface area contributed by atoms with Gasteiger partial charge in [0.05, 0.1) is 39.7 Å². The lowest BCUT2D eigenvalue weighted by molar-refractivity contribution is 0.0727. The van der Waals surface area contributed by atoms with Gasteiger partial charge in [0.15, 0.2) is 23.0 Å². The molecule has 0 radical (unpaired) electrons. The average Bonchev–Trinajstić information content (AvgIpc) is 3.05. The van der Waals surface area contributed by atoms with Gasteiger partial charge in [-0.15, -0.1) is 0 Å². The molecule has 0 atom stereocenters. The van der Waals surface area contributed by atoms with Crippen molar-refractivity contribution in [2.24, 2.45) is 5.10 Å². The van der Waals surface area contributed by atoms with E-state index in [0.29, 0.717) is 52.0 Å². The van der Waals surface area contributed by atoms with Gasteiger partial charge in [0.25, 0.3) is 11.8 Å². The van der Waals surface area contributed by atoms with Crippen molar-refractivity contribution in [1.29, 1.82) is 0 Å². The second-order valence-electron chi connectivity index (χ2n) is 9.04. The minimum absolute atomic E-state index is 0.180. The van der Waals surface area contributed by atoms with Crippen molar-refractivity contribution in [3.63, 3.8) is 0 Å². The molecule has 0 bridgehead atoms. The van der Waals surface area contributed by atoms with E-state index in [-0.39, 0.29) is 17.2 Å². The Morgan fingerprint density at radius 1 is 0.705 bits per heavy atom. The fourth-order valence-electron chi connectivity index (χ4n) is 4.08. The Kier molecular flexibility index (Phi) is 10.5. The van der Waals surface area contributed by atoms with Gasteiger partial charge in [0.2, 0.25) is 5.75 Å². The molecule has 44 heavy (non-hydrogen) atoms. The average molecular weight is 598 g/mol. The maximum Gasteiger partial charge on any atom is 0.343 e. The van der Waals surface area contributed by atoms with E-state index < -0.39 is 11.9 Å². The molecule has 4 aromatic carbocycles. The van der Waals surface area contributed by atoms with Crippen molar-refractivity contribution >= 4 is 29.7 Å². The summed E-state index contributed by atoms with van der Waals surface area (Å²) in [6.07, 6.45) is 1.42. The van der Waals surface area contributed by atoms with Crippen LogP contribution in [0.15, 0.2) is 90.0 Å². The first-order valence-corrected chi connectivity index (χ1v) is 13.5. The maximum atomic E-state index is 13.0. The Bertz CT molecular complexity index is 1650. The normalized spacial score (nSPS) is 10.5. The zero-order valence-electron chi connectivity index (χ0n) is 24.6. The molecule has 0 saturated carbocycles. The van der Waals surface area contributed by atoms with E-state index in [2.05, 4.69) is 15.8 Å². The number of methoxy groups -OCH3 is 3. The van der Waals surface area contributed by atoms with Crippen LogP contribution in [0.25, 0.3) is 0 Å². The van der Waals surface area contributed by atoms with Crippen LogP contribution in [0.4, 0.5) is 5.69 Å². The van der Waals surface area contributed by atoms with E-state index in [4.69, 9.17) is 23.7 Å². The fraction of sp³-hybridized carbons (Fsp3) is 0.152. The van der Waals surface area contributed by atoms with Crippen LogP contribution < -0.4 is 34.4 Å². The number of hydrazone groups is 1. The van der Waals surface area contributed by atoms with Crippen molar-refractivity contribution in [2.75, 3.05) is 33.3 Å². The van der Waals surface area contributed by atoms with E-state index in [1.54, 1.807) is 73.7 Å². The molecule has 0 aliphatic rings. The maximum absolute atomic E-state index is 13.0. The summed E-state index contributed by atoms with van der Waals surface area (Å²) in [5.74, 6) is 0.0107. The van der Waals surface area contributed by atoms with E-state index in [1.165, 1.54) is 39.7 Å². The Labute approximate surface area is 254 Å². The molecule has 0 aromatic heterocycles. The lowest BCUT2D eigenvalue weighted by Crippen LogP contribution is -2.18. The first kappa shape index (κ1) is 31.1. The van der Waals surface area contributed by atoms with Gasteiger partial charge in [-0.25, -0.2) is 10.2 Å². The molecule has 0 heterocycles. The summed E-state index contributed by atoms with van der Waals surface area (Å²) in [5, 5.41) is 6.81. The second kappa shape index (κ2) is 14.9. The van der Waals surface area contributed by atoms with Gasteiger partial charge in [-0.3, -0.25) is 9.59 Å². The number of carbonyl (C=O) groups excluding carboxylic acids is 3. The molecule has 11 heteroatoms. The summed E-state index contributed by atoms with van der Waals surface area (Å²) in [4.78, 5) is 38.2. The highest BCUT2D eigenvalue weighted by molar-refractivity contribution is 6.05. The molecule has 226 valence electrons. The Morgan fingerprint density at radius 3 is 2.07 bits per heavy atom. The van der Waals surface area contributed by atoms with Crippen LogP contribution >= 0.6 is 0 Å². The zero-order chi connectivity index (χ0) is 31.5. The number of ether oxygens (including phenoxy) is 5. The molecule has 0 unspecified atom stereocenters. The van der Waals surface area contributed by atoms with Gasteiger partial charge in [0.1, 0.15) is 0 Å². The lowest BCUT2D eigenvalue weighted by Gasteiger charge is -2.15. The lowest BCUT2D eigenvalue weighted by atomic mass is 10.1. The number of anilines is 1. The third-order valence-electron chi connectivity index (χ3n) is 6.17. The third-order valence-corrected chi connectivity index (χ3v) is 6.17. The van der Waals surface area contributed by atoms with Gasteiger partial charge in [-0.05, 0) is 73.2 Å². The highest BCUT2D eigenvalue weighted by atomic mass is 16.6. The molecule has 0 aliphatic carbocycles. The van der Waals surface area contributed by atoms with Crippen LogP contribution in [0.5, 0.6) is 28.7 Å². The zero-order valence-corrected chi connectivity index (χ0v) is 24.6. The summed E-state index contributed by atoms with van der Waals surface area (Å²) < 4.78 is 27.2. The second-order valence-corrected chi connectivity index (χ2v) is 9.04. The van der Waals surface area contributed by atoms with Crippen molar-refractivity contribution in [3.05, 3.63) is 107 Å². The Hall–Kier alpha value is -5.84. The molecule has 4 aromatic rings. The highest BCUT2D eigenvalue weighted by Crippen LogP contribution is 2.39. The van der Waals surface area contributed by atoms with E-state index >= 15 is 0 Å². The Morgan fingerprint density at radius 2 is 1.41 bits per heavy atom. The van der Waals surface area contributed by atoms with Crippen molar-refractivity contribution in [3.8, 4) is 28.7 Å².